The summed E-state index contributed by atoms with van der Waals surface area (Å²) in [7, 11) is 0. The fraction of sp³-hybridized carbons (Fsp3) is 0.500. The van der Waals surface area contributed by atoms with Gasteiger partial charge in [0, 0.05) is 11.9 Å². The molecular weight excluding hydrogens is 298 g/mol. The first-order valence-electron chi connectivity index (χ1n) is 4.75. The van der Waals surface area contributed by atoms with Gasteiger partial charge >= 0.3 is 0 Å². The minimum Gasteiger partial charge on any atom is -0.351 e. The van der Waals surface area contributed by atoms with E-state index in [0.29, 0.717) is 14.6 Å². The van der Waals surface area contributed by atoms with Crippen molar-refractivity contribution in [3.8, 4) is 0 Å². The molecule has 0 unspecified atom stereocenters. The predicted octanol–water partition coefficient (Wildman–Crippen LogP) is 3.31. The second kappa shape index (κ2) is 4.44. The van der Waals surface area contributed by atoms with Crippen molar-refractivity contribution in [3.63, 3.8) is 0 Å². The van der Waals surface area contributed by atoms with E-state index >= 15 is 0 Å². The van der Waals surface area contributed by atoms with Gasteiger partial charge in [-0.15, -0.1) is 11.3 Å². The van der Waals surface area contributed by atoms with Gasteiger partial charge < -0.3 is 5.32 Å². The van der Waals surface area contributed by atoms with E-state index < -0.39 is 0 Å². The quantitative estimate of drug-likeness (QED) is 0.850. The summed E-state index contributed by atoms with van der Waals surface area (Å²) >= 11 is 10.6. The van der Waals surface area contributed by atoms with Crippen molar-refractivity contribution in [2.24, 2.45) is 5.41 Å². The van der Waals surface area contributed by atoms with Gasteiger partial charge in [-0.2, -0.15) is 0 Å². The number of alkyl halides is 1. The van der Waals surface area contributed by atoms with E-state index in [1.54, 1.807) is 12.1 Å². The summed E-state index contributed by atoms with van der Waals surface area (Å²) in [5, 5.41) is 3.91. The van der Waals surface area contributed by atoms with Gasteiger partial charge in [-0.1, -0.05) is 27.5 Å². The van der Waals surface area contributed by atoms with Gasteiger partial charge in [0.1, 0.15) is 0 Å². The number of thiophene rings is 1. The Labute approximate surface area is 106 Å². The Morgan fingerprint density at radius 1 is 1.60 bits per heavy atom. The lowest BCUT2D eigenvalue weighted by Gasteiger charge is -2.11. The topological polar surface area (TPSA) is 29.1 Å². The van der Waals surface area contributed by atoms with Crippen LogP contribution >= 0.6 is 38.9 Å². The Bertz CT molecular complexity index is 375. The van der Waals surface area contributed by atoms with Crippen molar-refractivity contribution in [3.05, 3.63) is 21.3 Å². The lowest BCUT2D eigenvalue weighted by Crippen LogP contribution is -2.30. The average Bonchev–Trinajstić information content (AvgIpc) is 2.90. The normalized spacial score (nSPS) is 17.5. The molecule has 15 heavy (non-hydrogen) atoms. The van der Waals surface area contributed by atoms with Crippen molar-refractivity contribution in [1.82, 2.24) is 5.32 Å². The maximum absolute atomic E-state index is 11.7. The number of halogens is 2. The molecule has 1 aromatic rings. The number of hydrogen-bond acceptors (Lipinski definition) is 2. The van der Waals surface area contributed by atoms with Crippen LogP contribution in [0.2, 0.25) is 4.34 Å². The smallest absolute Gasteiger partial charge is 0.261 e. The van der Waals surface area contributed by atoms with E-state index in [9.17, 15) is 4.79 Å². The molecule has 0 spiro atoms. The first kappa shape index (κ1) is 11.4. The lowest BCUT2D eigenvalue weighted by atomic mass is 10.1. The average molecular weight is 309 g/mol. The molecule has 0 radical (unpaired) electrons. The Hall–Kier alpha value is -0.0600. The highest BCUT2D eigenvalue weighted by atomic mass is 79.9. The maximum Gasteiger partial charge on any atom is 0.261 e. The van der Waals surface area contributed by atoms with Crippen LogP contribution in [0.25, 0.3) is 0 Å². The predicted molar refractivity (Wildman–Crippen MR) is 67.1 cm³/mol. The van der Waals surface area contributed by atoms with Crippen LogP contribution in [-0.2, 0) is 0 Å². The molecule has 1 N–H and O–H groups in total. The van der Waals surface area contributed by atoms with Crippen LogP contribution in [-0.4, -0.2) is 17.8 Å². The molecule has 1 amide bonds. The summed E-state index contributed by atoms with van der Waals surface area (Å²) in [4.78, 5) is 12.4. The molecule has 82 valence electrons. The number of nitrogens with one attached hydrogen (secondary N) is 1. The van der Waals surface area contributed by atoms with Crippen LogP contribution in [0, 0.1) is 5.41 Å². The molecule has 0 atom stereocenters. The molecule has 1 saturated carbocycles. The van der Waals surface area contributed by atoms with Gasteiger partial charge in [-0.3, -0.25) is 4.79 Å². The van der Waals surface area contributed by atoms with Crippen molar-refractivity contribution < 1.29 is 4.79 Å². The van der Waals surface area contributed by atoms with Gasteiger partial charge in [0.2, 0.25) is 0 Å². The largest absolute Gasteiger partial charge is 0.351 e. The second-order valence-corrected chi connectivity index (χ2v) is 6.20. The Morgan fingerprint density at radius 2 is 2.33 bits per heavy atom. The highest BCUT2D eigenvalue weighted by Gasteiger charge is 2.41. The van der Waals surface area contributed by atoms with E-state index in [1.165, 1.54) is 24.2 Å². The third-order valence-corrected chi connectivity index (χ3v) is 5.08. The van der Waals surface area contributed by atoms with Crippen molar-refractivity contribution >= 4 is 44.8 Å². The summed E-state index contributed by atoms with van der Waals surface area (Å²) in [5.74, 6) is -0.0147. The second-order valence-electron chi connectivity index (χ2n) is 3.92. The monoisotopic (exact) mass is 307 g/mol. The van der Waals surface area contributed by atoms with Gasteiger partial charge in [0.05, 0.1) is 9.21 Å². The fourth-order valence-electron chi connectivity index (χ4n) is 1.33. The molecule has 1 fully saturated rings. The summed E-state index contributed by atoms with van der Waals surface area (Å²) in [6.45, 7) is 0.757. The van der Waals surface area contributed by atoms with Crippen molar-refractivity contribution in [2.45, 2.75) is 12.8 Å². The first-order chi connectivity index (χ1) is 7.15. The molecule has 0 bridgehead atoms. The number of carbonyl (C=O) groups excluding carboxylic acids is 1. The summed E-state index contributed by atoms with van der Waals surface area (Å²) in [5.41, 5.74) is 0.316. The SMILES string of the molecule is O=C(NCC1(CBr)CC1)c1ccc(Cl)s1. The first-order valence-corrected chi connectivity index (χ1v) is 7.06. The van der Waals surface area contributed by atoms with Crippen molar-refractivity contribution in [1.29, 1.82) is 0 Å². The molecule has 0 aliphatic heterocycles. The molecular formula is C10H11BrClNOS. The van der Waals surface area contributed by atoms with Crippen LogP contribution in [0.5, 0.6) is 0 Å². The van der Waals surface area contributed by atoms with Gasteiger partial charge in [-0.25, -0.2) is 0 Å². The Balaban J connectivity index is 1.88. The van der Waals surface area contributed by atoms with E-state index in [4.69, 9.17) is 11.6 Å². The maximum atomic E-state index is 11.7. The van der Waals surface area contributed by atoms with E-state index in [1.807, 2.05) is 0 Å². The fourth-order valence-corrected chi connectivity index (χ4v) is 3.04. The minimum absolute atomic E-state index is 0.0147. The van der Waals surface area contributed by atoms with E-state index in [-0.39, 0.29) is 5.91 Å². The highest BCUT2D eigenvalue weighted by molar-refractivity contribution is 9.09. The number of rotatable bonds is 4. The van der Waals surface area contributed by atoms with Crippen LogP contribution in [0.1, 0.15) is 22.5 Å². The lowest BCUT2D eigenvalue weighted by molar-refractivity contribution is 0.0950. The standard InChI is InChI=1S/C10H11BrClNOS/c11-5-10(3-4-10)6-13-9(14)7-1-2-8(12)15-7/h1-2H,3-6H2,(H,13,14). The Morgan fingerprint density at radius 3 is 2.80 bits per heavy atom. The Kier molecular flexibility index (Phi) is 3.38. The van der Waals surface area contributed by atoms with E-state index in [0.717, 1.165) is 11.9 Å². The van der Waals surface area contributed by atoms with Crippen LogP contribution in [0.15, 0.2) is 12.1 Å². The molecule has 2 nitrogen and oxygen atoms in total. The third-order valence-electron chi connectivity index (χ3n) is 2.66. The number of hydrogen-bond donors (Lipinski definition) is 1. The van der Waals surface area contributed by atoms with Gasteiger partial charge in [0.25, 0.3) is 5.91 Å². The summed E-state index contributed by atoms with van der Waals surface area (Å²) in [6, 6.07) is 3.51. The molecule has 0 aromatic carbocycles. The molecule has 0 saturated heterocycles. The zero-order chi connectivity index (χ0) is 10.9. The number of amides is 1. The third kappa shape index (κ3) is 2.74. The number of carbonyl (C=O) groups is 1. The zero-order valence-electron chi connectivity index (χ0n) is 8.06. The van der Waals surface area contributed by atoms with Gasteiger partial charge in [-0.05, 0) is 30.4 Å². The minimum atomic E-state index is -0.0147. The molecule has 5 heteroatoms. The van der Waals surface area contributed by atoms with Crippen LogP contribution in [0.3, 0.4) is 0 Å². The van der Waals surface area contributed by atoms with Gasteiger partial charge in [0.15, 0.2) is 0 Å². The van der Waals surface area contributed by atoms with Crippen LogP contribution in [0.4, 0.5) is 0 Å². The highest BCUT2D eigenvalue weighted by Crippen LogP contribution is 2.46. The van der Waals surface area contributed by atoms with E-state index in [2.05, 4.69) is 21.2 Å². The molecule has 2 rings (SSSR count). The zero-order valence-corrected chi connectivity index (χ0v) is 11.2. The molecule has 1 aliphatic carbocycles. The molecule has 1 heterocycles. The summed E-state index contributed by atoms with van der Waals surface area (Å²) < 4.78 is 0.654. The summed E-state index contributed by atoms with van der Waals surface area (Å²) in [6.07, 6.45) is 2.40. The molecule has 1 aliphatic rings. The van der Waals surface area contributed by atoms with Crippen LogP contribution < -0.4 is 5.32 Å². The van der Waals surface area contributed by atoms with Crippen molar-refractivity contribution in [2.75, 3.05) is 11.9 Å². The molecule has 1 aromatic heterocycles.